The molecule has 0 aliphatic carbocycles. The van der Waals surface area contributed by atoms with Crippen LogP contribution in [0, 0.1) is 0 Å². The summed E-state index contributed by atoms with van der Waals surface area (Å²) in [6, 6.07) is 5.56. The summed E-state index contributed by atoms with van der Waals surface area (Å²) in [4.78, 5) is 17.2. The number of nitrogens with zero attached hydrogens (tertiary/aromatic N) is 2. The molecule has 0 aromatic heterocycles. The van der Waals surface area contributed by atoms with Crippen LogP contribution in [-0.4, -0.2) is 55.5 Å². The van der Waals surface area contributed by atoms with E-state index < -0.39 is 0 Å². The standard InChI is InChI=1S/C16H25N3O2/c1-4-12-11-18(2)9-6-10-19(12)16(20)15-13(17)7-5-8-14(15)21-3/h5,7-8,12H,4,6,9-11,17H2,1-3H3. The van der Waals surface area contributed by atoms with Crippen molar-refractivity contribution >= 4 is 11.6 Å². The summed E-state index contributed by atoms with van der Waals surface area (Å²) in [5.74, 6) is 0.527. The second-order valence-corrected chi connectivity index (χ2v) is 5.60. The first-order valence-corrected chi connectivity index (χ1v) is 7.50. The first-order valence-electron chi connectivity index (χ1n) is 7.50. The van der Waals surface area contributed by atoms with Gasteiger partial charge >= 0.3 is 0 Å². The Morgan fingerprint density at radius 1 is 1.43 bits per heavy atom. The lowest BCUT2D eigenvalue weighted by atomic mass is 10.1. The van der Waals surface area contributed by atoms with Gasteiger partial charge in [0.1, 0.15) is 11.3 Å². The van der Waals surface area contributed by atoms with Crippen LogP contribution < -0.4 is 10.5 Å². The van der Waals surface area contributed by atoms with Gasteiger partial charge in [0.05, 0.1) is 7.11 Å². The summed E-state index contributed by atoms with van der Waals surface area (Å²) in [6.45, 7) is 4.80. The molecule has 1 aromatic rings. The molecule has 1 fully saturated rings. The van der Waals surface area contributed by atoms with Crippen LogP contribution in [0.4, 0.5) is 5.69 Å². The van der Waals surface area contributed by atoms with Crippen LogP contribution in [0.15, 0.2) is 18.2 Å². The second kappa shape index (κ2) is 6.80. The summed E-state index contributed by atoms with van der Waals surface area (Å²) in [5, 5.41) is 0. The van der Waals surface area contributed by atoms with Crippen LogP contribution in [0.1, 0.15) is 30.1 Å². The number of anilines is 1. The molecule has 1 aliphatic rings. The number of ether oxygens (including phenoxy) is 1. The quantitative estimate of drug-likeness (QED) is 0.863. The molecule has 5 nitrogen and oxygen atoms in total. The van der Waals surface area contributed by atoms with E-state index in [1.165, 1.54) is 0 Å². The van der Waals surface area contributed by atoms with Gasteiger partial charge in [-0.15, -0.1) is 0 Å². The van der Waals surface area contributed by atoms with E-state index in [0.717, 1.165) is 32.5 Å². The molecule has 1 amide bonds. The highest BCUT2D eigenvalue weighted by Crippen LogP contribution is 2.27. The van der Waals surface area contributed by atoms with E-state index in [-0.39, 0.29) is 11.9 Å². The SMILES string of the molecule is CCC1CN(C)CCCN1C(=O)c1c(N)cccc1OC. The van der Waals surface area contributed by atoms with E-state index in [1.54, 1.807) is 25.3 Å². The molecule has 0 bridgehead atoms. The highest BCUT2D eigenvalue weighted by atomic mass is 16.5. The number of hydrogen-bond acceptors (Lipinski definition) is 4. The number of hydrogen-bond donors (Lipinski definition) is 1. The van der Waals surface area contributed by atoms with Gasteiger partial charge in [-0.1, -0.05) is 13.0 Å². The van der Waals surface area contributed by atoms with Crippen molar-refractivity contribution in [2.75, 3.05) is 39.5 Å². The molecule has 2 N–H and O–H groups in total. The van der Waals surface area contributed by atoms with Crippen LogP contribution in [0.2, 0.25) is 0 Å². The Balaban J connectivity index is 2.33. The zero-order valence-electron chi connectivity index (χ0n) is 13.1. The van der Waals surface area contributed by atoms with Crippen molar-refractivity contribution in [3.8, 4) is 5.75 Å². The minimum atomic E-state index is -0.0212. The Hall–Kier alpha value is -1.75. The summed E-state index contributed by atoms with van der Waals surface area (Å²) < 4.78 is 5.32. The maximum absolute atomic E-state index is 13.0. The van der Waals surface area contributed by atoms with E-state index in [0.29, 0.717) is 17.0 Å². The number of rotatable bonds is 3. The topological polar surface area (TPSA) is 58.8 Å². The fourth-order valence-electron chi connectivity index (χ4n) is 2.95. The lowest BCUT2D eigenvalue weighted by Crippen LogP contribution is -2.43. The predicted molar refractivity (Wildman–Crippen MR) is 84.6 cm³/mol. The van der Waals surface area contributed by atoms with E-state index in [9.17, 15) is 4.79 Å². The van der Waals surface area contributed by atoms with Crippen molar-refractivity contribution in [3.05, 3.63) is 23.8 Å². The molecule has 1 heterocycles. The van der Waals surface area contributed by atoms with E-state index in [2.05, 4.69) is 18.9 Å². The molecule has 116 valence electrons. The summed E-state index contributed by atoms with van der Waals surface area (Å²) in [6.07, 6.45) is 1.92. The Morgan fingerprint density at radius 2 is 2.19 bits per heavy atom. The smallest absolute Gasteiger partial charge is 0.260 e. The van der Waals surface area contributed by atoms with Gasteiger partial charge in [-0.2, -0.15) is 0 Å². The molecule has 5 heteroatoms. The van der Waals surface area contributed by atoms with Crippen molar-refractivity contribution in [3.63, 3.8) is 0 Å². The average Bonchev–Trinajstić information content (AvgIpc) is 2.67. The largest absolute Gasteiger partial charge is 0.496 e. The predicted octanol–water partition coefficient (Wildman–Crippen LogP) is 1.83. The number of likely N-dealkylation sites (N-methyl/N-ethyl adjacent to an activating group) is 1. The zero-order valence-corrected chi connectivity index (χ0v) is 13.1. The third-order valence-corrected chi connectivity index (χ3v) is 4.13. The first-order chi connectivity index (χ1) is 10.1. The first kappa shape index (κ1) is 15.6. The molecule has 1 unspecified atom stereocenters. The highest BCUT2D eigenvalue weighted by molar-refractivity contribution is 6.02. The molecule has 1 aromatic carbocycles. The normalized spacial score (nSPS) is 20.1. The molecule has 1 saturated heterocycles. The van der Waals surface area contributed by atoms with Gasteiger partial charge in [-0.25, -0.2) is 0 Å². The number of amides is 1. The summed E-state index contributed by atoms with van der Waals surface area (Å²) >= 11 is 0. The summed E-state index contributed by atoms with van der Waals surface area (Å²) in [5.41, 5.74) is 6.99. The Morgan fingerprint density at radius 3 is 2.86 bits per heavy atom. The minimum absolute atomic E-state index is 0.0212. The monoisotopic (exact) mass is 291 g/mol. The van der Waals surface area contributed by atoms with E-state index in [4.69, 9.17) is 10.5 Å². The van der Waals surface area contributed by atoms with Crippen molar-refractivity contribution in [1.82, 2.24) is 9.80 Å². The molecule has 0 spiro atoms. The lowest BCUT2D eigenvalue weighted by Gasteiger charge is -2.31. The maximum atomic E-state index is 13.0. The van der Waals surface area contributed by atoms with Crippen LogP contribution in [0.3, 0.4) is 0 Å². The van der Waals surface area contributed by atoms with E-state index in [1.807, 2.05) is 4.90 Å². The minimum Gasteiger partial charge on any atom is -0.496 e. The number of nitrogen functional groups attached to an aromatic ring is 1. The van der Waals surface area contributed by atoms with Gasteiger partial charge in [0.25, 0.3) is 5.91 Å². The second-order valence-electron chi connectivity index (χ2n) is 5.60. The molecule has 0 saturated carbocycles. The fraction of sp³-hybridized carbons (Fsp3) is 0.562. The molecule has 0 radical (unpaired) electrons. The van der Waals surface area contributed by atoms with Crippen LogP contribution in [-0.2, 0) is 0 Å². The number of carbonyl (C=O) groups is 1. The molecular weight excluding hydrogens is 266 g/mol. The molecule has 2 rings (SSSR count). The van der Waals surface area contributed by atoms with Gasteiger partial charge in [0.2, 0.25) is 0 Å². The molecule has 1 aliphatic heterocycles. The number of nitrogens with two attached hydrogens (primary N) is 1. The Bertz CT molecular complexity index is 504. The number of benzene rings is 1. The maximum Gasteiger partial charge on any atom is 0.260 e. The van der Waals surface area contributed by atoms with Gasteiger partial charge in [-0.3, -0.25) is 4.79 Å². The third-order valence-electron chi connectivity index (χ3n) is 4.13. The van der Waals surface area contributed by atoms with Crippen LogP contribution >= 0.6 is 0 Å². The van der Waals surface area contributed by atoms with Gasteiger partial charge in [0.15, 0.2) is 0 Å². The van der Waals surface area contributed by atoms with Crippen LogP contribution in [0.5, 0.6) is 5.75 Å². The molecule has 1 atom stereocenters. The van der Waals surface area contributed by atoms with E-state index >= 15 is 0 Å². The van der Waals surface area contributed by atoms with Crippen molar-refractivity contribution in [2.24, 2.45) is 0 Å². The van der Waals surface area contributed by atoms with Gasteiger partial charge in [0, 0.05) is 24.8 Å². The Labute approximate surface area is 126 Å². The van der Waals surface area contributed by atoms with Crippen molar-refractivity contribution in [2.45, 2.75) is 25.8 Å². The third kappa shape index (κ3) is 3.29. The van der Waals surface area contributed by atoms with Crippen molar-refractivity contribution < 1.29 is 9.53 Å². The Kier molecular flexibility index (Phi) is 5.07. The fourth-order valence-corrected chi connectivity index (χ4v) is 2.95. The lowest BCUT2D eigenvalue weighted by molar-refractivity contribution is 0.0673. The summed E-state index contributed by atoms with van der Waals surface area (Å²) in [7, 11) is 3.67. The van der Waals surface area contributed by atoms with Gasteiger partial charge < -0.3 is 20.3 Å². The zero-order chi connectivity index (χ0) is 15.4. The molecule has 21 heavy (non-hydrogen) atoms. The number of methoxy groups -OCH3 is 1. The molecular formula is C16H25N3O2. The van der Waals surface area contributed by atoms with Crippen molar-refractivity contribution in [1.29, 1.82) is 0 Å². The number of carbonyl (C=O) groups excluding carboxylic acids is 1. The highest BCUT2D eigenvalue weighted by Gasteiger charge is 2.29. The average molecular weight is 291 g/mol. The van der Waals surface area contributed by atoms with Crippen LogP contribution in [0.25, 0.3) is 0 Å². The van der Waals surface area contributed by atoms with Gasteiger partial charge in [-0.05, 0) is 38.6 Å².